The van der Waals surface area contributed by atoms with Gasteiger partial charge in [-0.1, -0.05) is 63.9 Å². The predicted molar refractivity (Wildman–Crippen MR) is 135 cm³/mol. The van der Waals surface area contributed by atoms with E-state index in [-0.39, 0.29) is 17.9 Å². The van der Waals surface area contributed by atoms with Crippen LogP contribution in [0, 0.1) is 11.8 Å². The maximum absolute atomic E-state index is 13.8. The molecule has 0 N–H and O–H groups in total. The lowest BCUT2D eigenvalue weighted by molar-refractivity contribution is -0.152. The minimum absolute atomic E-state index is 0.00569. The molecule has 34 heavy (non-hydrogen) atoms. The molecule has 0 bridgehead atoms. The second-order valence-electron chi connectivity index (χ2n) is 9.21. The fourth-order valence-corrected chi connectivity index (χ4v) is 6.99. The molecule has 6 heteroatoms. The average molecular weight is 539 g/mol. The zero-order chi connectivity index (χ0) is 23.4. The van der Waals surface area contributed by atoms with Gasteiger partial charge in [-0.2, -0.15) is 0 Å². The Labute approximate surface area is 212 Å². The fraction of sp³-hybridized carbons (Fsp3) is 0.321. The van der Waals surface area contributed by atoms with Crippen molar-refractivity contribution in [3.05, 3.63) is 98.5 Å². The van der Waals surface area contributed by atoms with Crippen LogP contribution in [0.1, 0.15) is 35.2 Å². The normalized spacial score (nSPS) is 27.1. The first-order valence-electron chi connectivity index (χ1n) is 11.8. The van der Waals surface area contributed by atoms with E-state index in [0.29, 0.717) is 18.2 Å². The van der Waals surface area contributed by atoms with Crippen LogP contribution in [0.2, 0.25) is 5.02 Å². The third-order valence-corrected chi connectivity index (χ3v) is 8.43. The van der Waals surface area contributed by atoms with Crippen LogP contribution in [0.15, 0.2) is 71.2 Å². The Kier molecular flexibility index (Phi) is 5.47. The van der Waals surface area contributed by atoms with Gasteiger partial charge in [-0.3, -0.25) is 9.69 Å². The van der Waals surface area contributed by atoms with Crippen LogP contribution in [0.3, 0.4) is 0 Å². The third kappa shape index (κ3) is 3.10. The molecule has 4 atom stereocenters. The Morgan fingerprint density at radius 1 is 1.18 bits per heavy atom. The van der Waals surface area contributed by atoms with Gasteiger partial charge in [0.15, 0.2) is 0 Å². The van der Waals surface area contributed by atoms with Crippen LogP contribution in [0.5, 0.6) is 5.75 Å². The van der Waals surface area contributed by atoms with Crippen molar-refractivity contribution < 1.29 is 14.3 Å². The Balaban J connectivity index is 1.67. The molecule has 0 aliphatic carbocycles. The highest BCUT2D eigenvalue weighted by Crippen LogP contribution is 2.63. The van der Waals surface area contributed by atoms with Crippen LogP contribution in [0.4, 0.5) is 0 Å². The number of hydrogen-bond acceptors (Lipinski definition) is 4. The summed E-state index contributed by atoms with van der Waals surface area (Å²) in [4.78, 5) is 16.4. The maximum Gasteiger partial charge on any atom is 0.312 e. The molecule has 6 rings (SSSR count). The zero-order valence-corrected chi connectivity index (χ0v) is 21.2. The second-order valence-corrected chi connectivity index (χ2v) is 10.6. The van der Waals surface area contributed by atoms with Crippen LogP contribution in [-0.2, 0) is 21.5 Å². The number of fused-ring (bicyclic) bond motifs is 7. The molecule has 0 amide bonds. The minimum Gasteiger partial charge on any atom is -0.493 e. The highest BCUT2D eigenvalue weighted by atomic mass is 79.9. The lowest BCUT2D eigenvalue weighted by Gasteiger charge is -2.48. The Bertz CT molecular complexity index is 1260. The number of benzene rings is 3. The van der Waals surface area contributed by atoms with Gasteiger partial charge in [0.2, 0.25) is 0 Å². The van der Waals surface area contributed by atoms with Gasteiger partial charge in [0, 0.05) is 33.6 Å². The second kappa shape index (κ2) is 8.40. The molecule has 3 aliphatic rings. The quantitative estimate of drug-likeness (QED) is 0.375. The number of carbonyl (C=O) groups excluding carboxylic acids is 1. The van der Waals surface area contributed by atoms with Crippen molar-refractivity contribution in [3.63, 3.8) is 0 Å². The van der Waals surface area contributed by atoms with Gasteiger partial charge in [0.05, 0.1) is 24.7 Å². The molecular weight excluding hydrogens is 514 g/mol. The number of ether oxygens (including phenoxy) is 2. The molecule has 3 aromatic rings. The molecule has 0 spiro atoms. The van der Waals surface area contributed by atoms with Crippen LogP contribution >= 0.6 is 27.5 Å². The summed E-state index contributed by atoms with van der Waals surface area (Å²) in [5.41, 5.74) is 3.95. The lowest BCUT2D eigenvalue weighted by Crippen LogP contribution is -2.53. The fourth-order valence-electron chi connectivity index (χ4n) is 6.55. The summed E-state index contributed by atoms with van der Waals surface area (Å²) < 4.78 is 13.0. The molecular formula is C28H25BrClNO3. The summed E-state index contributed by atoms with van der Waals surface area (Å²) in [5, 5.41) is 0.675. The van der Waals surface area contributed by atoms with Gasteiger partial charge < -0.3 is 9.47 Å². The summed E-state index contributed by atoms with van der Waals surface area (Å²) in [7, 11) is 0. The molecule has 0 unspecified atom stereocenters. The van der Waals surface area contributed by atoms with Crippen molar-refractivity contribution in [3.8, 4) is 5.75 Å². The van der Waals surface area contributed by atoms with Crippen molar-refractivity contribution in [1.82, 2.24) is 4.90 Å². The van der Waals surface area contributed by atoms with Crippen LogP contribution in [-0.4, -0.2) is 30.6 Å². The highest BCUT2D eigenvalue weighted by Gasteiger charge is 2.66. The predicted octanol–water partition coefficient (Wildman–Crippen LogP) is 6.15. The van der Waals surface area contributed by atoms with Gasteiger partial charge in [0.25, 0.3) is 0 Å². The smallest absolute Gasteiger partial charge is 0.312 e. The number of hydrogen-bond donors (Lipinski definition) is 0. The minimum atomic E-state index is -0.662. The van der Waals surface area contributed by atoms with Gasteiger partial charge in [-0.25, -0.2) is 0 Å². The van der Waals surface area contributed by atoms with E-state index in [4.69, 9.17) is 21.1 Å². The van der Waals surface area contributed by atoms with Crippen molar-refractivity contribution >= 4 is 33.5 Å². The first kappa shape index (κ1) is 22.1. The summed E-state index contributed by atoms with van der Waals surface area (Å²) >= 11 is 10.1. The van der Waals surface area contributed by atoms with Crippen molar-refractivity contribution in [1.29, 1.82) is 0 Å². The van der Waals surface area contributed by atoms with Gasteiger partial charge >= 0.3 is 5.97 Å². The molecule has 4 nitrogen and oxygen atoms in total. The standard InChI is InChI=1S/C28H25BrClNO3/c1-2-33-27(32)25-22-16-34-24-12-11-20(30)15-21(24)26(22)31-14-13-17-5-3-4-6-23(17)28(25,31)18-7-9-19(29)10-8-18/h3-12,15,22,25-26H,2,13-14,16H2,1H3/t22-,25+,26+,28-/m0/s1. The van der Waals surface area contributed by atoms with E-state index in [1.165, 1.54) is 11.1 Å². The zero-order valence-electron chi connectivity index (χ0n) is 18.8. The number of halogens is 2. The van der Waals surface area contributed by atoms with Gasteiger partial charge in [-0.15, -0.1) is 0 Å². The third-order valence-electron chi connectivity index (χ3n) is 7.67. The Morgan fingerprint density at radius 3 is 2.76 bits per heavy atom. The van der Waals surface area contributed by atoms with E-state index in [1.807, 2.05) is 25.1 Å². The first-order valence-corrected chi connectivity index (χ1v) is 12.9. The molecule has 1 saturated heterocycles. The van der Waals surface area contributed by atoms with E-state index in [9.17, 15) is 4.79 Å². The van der Waals surface area contributed by atoms with Gasteiger partial charge in [0.1, 0.15) is 5.75 Å². The molecule has 174 valence electrons. The van der Waals surface area contributed by atoms with Crippen molar-refractivity contribution in [2.75, 3.05) is 19.8 Å². The maximum atomic E-state index is 13.8. The Morgan fingerprint density at radius 2 is 1.97 bits per heavy atom. The number of carbonyl (C=O) groups is 1. The largest absolute Gasteiger partial charge is 0.493 e. The highest BCUT2D eigenvalue weighted by molar-refractivity contribution is 9.10. The molecule has 3 aromatic carbocycles. The van der Waals surface area contributed by atoms with Gasteiger partial charge in [-0.05, 0) is 60.4 Å². The topological polar surface area (TPSA) is 38.8 Å². The summed E-state index contributed by atoms with van der Waals surface area (Å²) in [6, 6.07) is 22.8. The molecule has 1 fully saturated rings. The number of rotatable bonds is 3. The van der Waals surface area contributed by atoms with E-state index < -0.39 is 11.5 Å². The summed E-state index contributed by atoms with van der Waals surface area (Å²) in [5.74, 6) is 0.180. The first-order chi connectivity index (χ1) is 16.6. The monoisotopic (exact) mass is 537 g/mol. The molecule has 0 saturated carbocycles. The van der Waals surface area contributed by atoms with E-state index in [1.54, 1.807) is 0 Å². The Hall–Kier alpha value is -2.34. The number of esters is 1. The van der Waals surface area contributed by atoms with Crippen LogP contribution in [0.25, 0.3) is 0 Å². The SMILES string of the molecule is CCOC(=O)[C@H]1[C@@H]2COc3ccc(Cl)cc3[C@H]2N2CCc3ccccc3[C@@]12c1ccc(Br)cc1. The number of nitrogens with zero attached hydrogens (tertiary/aromatic N) is 1. The van der Waals surface area contributed by atoms with Crippen molar-refractivity contribution in [2.24, 2.45) is 11.8 Å². The summed E-state index contributed by atoms with van der Waals surface area (Å²) in [6.07, 6.45) is 0.921. The lowest BCUT2D eigenvalue weighted by atomic mass is 9.67. The van der Waals surface area contributed by atoms with Crippen molar-refractivity contribution in [2.45, 2.75) is 24.9 Å². The molecule has 0 aromatic heterocycles. The van der Waals surface area contributed by atoms with E-state index in [0.717, 1.165) is 34.3 Å². The van der Waals surface area contributed by atoms with E-state index >= 15 is 0 Å². The average Bonchev–Trinajstić information content (AvgIpc) is 3.16. The molecule has 3 heterocycles. The summed E-state index contributed by atoms with van der Waals surface area (Å²) in [6.45, 7) is 3.50. The van der Waals surface area contributed by atoms with E-state index in [2.05, 4.69) is 69.4 Å². The van der Waals surface area contributed by atoms with Crippen LogP contribution < -0.4 is 4.74 Å². The molecule has 0 radical (unpaired) electrons. The molecule has 3 aliphatic heterocycles.